The lowest BCUT2D eigenvalue weighted by atomic mass is 10.2. The van der Waals surface area contributed by atoms with Gasteiger partial charge in [0.25, 0.3) is 5.78 Å². The lowest BCUT2D eigenvalue weighted by molar-refractivity contribution is 0.628. The summed E-state index contributed by atoms with van der Waals surface area (Å²) in [6, 6.07) is 8.21. The van der Waals surface area contributed by atoms with Crippen LogP contribution in [0, 0.1) is 5.82 Å². The van der Waals surface area contributed by atoms with Crippen molar-refractivity contribution in [2.45, 2.75) is 19.8 Å². The van der Waals surface area contributed by atoms with Crippen molar-refractivity contribution in [3.63, 3.8) is 0 Å². The van der Waals surface area contributed by atoms with Gasteiger partial charge in [0.05, 0.1) is 0 Å². The molecule has 0 bridgehead atoms. The van der Waals surface area contributed by atoms with Crippen LogP contribution >= 0.6 is 0 Å². The van der Waals surface area contributed by atoms with Crippen LogP contribution in [0.3, 0.4) is 0 Å². The molecule has 0 atom stereocenters. The molecule has 0 aliphatic heterocycles. The van der Waals surface area contributed by atoms with Crippen molar-refractivity contribution < 1.29 is 4.39 Å². The molecule has 0 aliphatic rings. The van der Waals surface area contributed by atoms with E-state index in [-0.39, 0.29) is 5.82 Å². The van der Waals surface area contributed by atoms with Gasteiger partial charge in [0.1, 0.15) is 18.0 Å². The molecular weight excluding hydrogens is 257 g/mol. The quantitative estimate of drug-likeness (QED) is 0.792. The molecule has 0 fully saturated rings. The first-order valence-corrected chi connectivity index (χ1v) is 6.48. The Kier molecular flexibility index (Phi) is 3.28. The molecule has 0 spiro atoms. The molecular formula is C14H14FN5. The van der Waals surface area contributed by atoms with Crippen LogP contribution in [0.4, 0.5) is 15.9 Å². The van der Waals surface area contributed by atoms with E-state index in [1.165, 1.54) is 18.5 Å². The number of aromatic nitrogens is 4. The maximum Gasteiger partial charge on any atom is 0.254 e. The number of fused-ring (bicyclic) bond motifs is 1. The molecule has 0 radical (unpaired) electrons. The van der Waals surface area contributed by atoms with Gasteiger partial charge in [-0.1, -0.05) is 19.4 Å². The van der Waals surface area contributed by atoms with E-state index in [9.17, 15) is 4.39 Å². The maximum atomic E-state index is 13.2. The van der Waals surface area contributed by atoms with Gasteiger partial charge in [-0.3, -0.25) is 0 Å². The van der Waals surface area contributed by atoms with Crippen molar-refractivity contribution in [1.82, 2.24) is 19.6 Å². The second-order valence-corrected chi connectivity index (χ2v) is 4.49. The minimum atomic E-state index is -0.285. The average molecular weight is 271 g/mol. The Labute approximate surface area is 115 Å². The van der Waals surface area contributed by atoms with Gasteiger partial charge in [-0.15, -0.1) is 0 Å². The van der Waals surface area contributed by atoms with Gasteiger partial charge in [-0.05, 0) is 24.6 Å². The third kappa shape index (κ3) is 2.45. The molecule has 20 heavy (non-hydrogen) atoms. The van der Waals surface area contributed by atoms with Crippen molar-refractivity contribution in [2.24, 2.45) is 0 Å². The molecule has 1 aromatic carbocycles. The molecule has 0 aliphatic carbocycles. The molecule has 0 unspecified atom stereocenters. The zero-order chi connectivity index (χ0) is 13.9. The van der Waals surface area contributed by atoms with Crippen LogP contribution in [-0.4, -0.2) is 19.6 Å². The summed E-state index contributed by atoms with van der Waals surface area (Å²) in [7, 11) is 0. The highest BCUT2D eigenvalue weighted by Gasteiger charge is 2.07. The van der Waals surface area contributed by atoms with E-state index in [0.717, 1.165) is 24.4 Å². The number of hydrogen-bond acceptors (Lipinski definition) is 4. The van der Waals surface area contributed by atoms with Crippen LogP contribution < -0.4 is 5.32 Å². The van der Waals surface area contributed by atoms with Gasteiger partial charge in [0.2, 0.25) is 0 Å². The zero-order valence-electron chi connectivity index (χ0n) is 11.0. The number of rotatable bonds is 4. The third-order valence-corrected chi connectivity index (χ3v) is 2.91. The van der Waals surface area contributed by atoms with Crippen LogP contribution in [0.1, 0.15) is 19.0 Å². The van der Waals surface area contributed by atoms with Crippen molar-refractivity contribution in [3.8, 4) is 0 Å². The number of nitrogens with zero attached hydrogens (tertiary/aromatic N) is 4. The fraction of sp³-hybridized carbons (Fsp3) is 0.214. The van der Waals surface area contributed by atoms with Crippen LogP contribution in [0.5, 0.6) is 0 Å². The van der Waals surface area contributed by atoms with Crippen LogP contribution in [0.15, 0.2) is 36.7 Å². The van der Waals surface area contributed by atoms with E-state index in [2.05, 4.69) is 27.3 Å². The van der Waals surface area contributed by atoms with E-state index in [0.29, 0.717) is 11.5 Å². The molecule has 3 aromatic rings. The topological polar surface area (TPSA) is 55.1 Å². The fourth-order valence-electron chi connectivity index (χ4n) is 2.05. The Bertz CT molecular complexity index is 737. The van der Waals surface area contributed by atoms with Crippen molar-refractivity contribution in [3.05, 3.63) is 48.2 Å². The highest BCUT2D eigenvalue weighted by atomic mass is 19.1. The molecule has 5 nitrogen and oxygen atoms in total. The summed E-state index contributed by atoms with van der Waals surface area (Å²) in [6.45, 7) is 2.09. The maximum absolute atomic E-state index is 13.2. The summed E-state index contributed by atoms with van der Waals surface area (Å²) in [5.74, 6) is 0.976. The first-order chi connectivity index (χ1) is 9.76. The number of aryl methyl sites for hydroxylation is 1. The summed E-state index contributed by atoms with van der Waals surface area (Å²) < 4.78 is 14.8. The molecule has 0 amide bonds. The van der Waals surface area contributed by atoms with Gasteiger partial charge in [-0.2, -0.15) is 14.6 Å². The van der Waals surface area contributed by atoms with Gasteiger partial charge in [0.15, 0.2) is 0 Å². The number of benzene rings is 1. The van der Waals surface area contributed by atoms with Gasteiger partial charge >= 0.3 is 0 Å². The lowest BCUT2D eigenvalue weighted by Gasteiger charge is -2.09. The summed E-state index contributed by atoms with van der Waals surface area (Å²) in [5, 5.41) is 7.28. The second-order valence-electron chi connectivity index (χ2n) is 4.49. The molecule has 2 heterocycles. The Balaban J connectivity index is 2.02. The van der Waals surface area contributed by atoms with E-state index < -0.39 is 0 Å². The molecule has 102 valence electrons. The van der Waals surface area contributed by atoms with E-state index >= 15 is 0 Å². The van der Waals surface area contributed by atoms with Crippen molar-refractivity contribution in [2.75, 3.05) is 5.32 Å². The normalized spacial score (nSPS) is 10.9. The molecule has 2 aromatic heterocycles. The van der Waals surface area contributed by atoms with Crippen LogP contribution in [0.25, 0.3) is 5.78 Å². The molecule has 0 saturated heterocycles. The van der Waals surface area contributed by atoms with E-state index in [4.69, 9.17) is 0 Å². The Hall–Kier alpha value is -2.50. The minimum absolute atomic E-state index is 0.285. The lowest BCUT2D eigenvalue weighted by Crippen LogP contribution is -2.04. The molecule has 0 saturated carbocycles. The minimum Gasteiger partial charge on any atom is -0.340 e. The van der Waals surface area contributed by atoms with Crippen LogP contribution in [0.2, 0.25) is 0 Å². The van der Waals surface area contributed by atoms with Gasteiger partial charge in [0, 0.05) is 17.4 Å². The first-order valence-electron chi connectivity index (χ1n) is 6.48. The van der Waals surface area contributed by atoms with Gasteiger partial charge in [-0.25, -0.2) is 9.37 Å². The smallest absolute Gasteiger partial charge is 0.254 e. The number of nitrogens with one attached hydrogen (secondary N) is 1. The first kappa shape index (κ1) is 12.5. The molecule has 1 N–H and O–H groups in total. The van der Waals surface area contributed by atoms with E-state index in [1.54, 1.807) is 16.6 Å². The number of anilines is 2. The molecule has 3 rings (SSSR count). The van der Waals surface area contributed by atoms with Crippen LogP contribution in [-0.2, 0) is 6.42 Å². The van der Waals surface area contributed by atoms with Crippen molar-refractivity contribution in [1.29, 1.82) is 0 Å². The third-order valence-electron chi connectivity index (χ3n) is 2.91. The summed E-state index contributed by atoms with van der Waals surface area (Å²) in [6.07, 6.45) is 3.31. The summed E-state index contributed by atoms with van der Waals surface area (Å²) in [5.41, 5.74) is 1.60. The SMILES string of the molecule is CCCc1cc(Nc2cccc(F)c2)n2ncnc2n1. The standard InChI is InChI=1S/C14H14FN5/c1-2-4-11-8-13(20-14(19-11)16-9-17-20)18-12-6-3-5-10(15)7-12/h3,5-9,18H,2,4H2,1H3. The summed E-state index contributed by atoms with van der Waals surface area (Å²) >= 11 is 0. The van der Waals surface area contributed by atoms with E-state index in [1.807, 2.05) is 6.07 Å². The Morgan fingerprint density at radius 1 is 1.30 bits per heavy atom. The van der Waals surface area contributed by atoms with Gasteiger partial charge < -0.3 is 5.32 Å². The average Bonchev–Trinajstić information content (AvgIpc) is 2.87. The highest BCUT2D eigenvalue weighted by molar-refractivity contribution is 5.58. The summed E-state index contributed by atoms with van der Waals surface area (Å²) in [4.78, 5) is 8.53. The number of halogens is 1. The number of hydrogen-bond donors (Lipinski definition) is 1. The second kappa shape index (κ2) is 5.24. The zero-order valence-corrected chi connectivity index (χ0v) is 11.0. The Morgan fingerprint density at radius 2 is 2.20 bits per heavy atom. The fourth-order valence-corrected chi connectivity index (χ4v) is 2.05. The Morgan fingerprint density at radius 3 is 3.00 bits per heavy atom. The monoisotopic (exact) mass is 271 g/mol. The predicted molar refractivity (Wildman–Crippen MR) is 74.5 cm³/mol. The largest absolute Gasteiger partial charge is 0.340 e. The molecule has 6 heteroatoms. The van der Waals surface area contributed by atoms with Crippen molar-refractivity contribution >= 4 is 17.3 Å². The highest BCUT2D eigenvalue weighted by Crippen LogP contribution is 2.18. The predicted octanol–water partition coefficient (Wildman–Crippen LogP) is 2.96.